The Bertz CT molecular complexity index is 1400. The van der Waals surface area contributed by atoms with Crippen molar-refractivity contribution in [2.75, 3.05) is 0 Å². The van der Waals surface area contributed by atoms with Crippen molar-refractivity contribution < 1.29 is 29.8 Å². The molecule has 0 N–H and O–H groups in total. The van der Waals surface area contributed by atoms with E-state index in [4.69, 9.17) is 5.26 Å². The molecule has 3 heterocycles. The number of aromatic nitrogens is 4. The Morgan fingerprint density at radius 3 is 2.42 bits per heavy atom. The minimum atomic E-state index is -1.01. The second-order valence-electron chi connectivity index (χ2n) is 7.44. The molecule has 0 aliphatic carbocycles. The molecule has 0 saturated carbocycles. The summed E-state index contributed by atoms with van der Waals surface area (Å²) in [5, 5.41) is 23.2. The molecule has 0 bridgehead atoms. The maximum atomic E-state index is 14.1. The number of hydrogen-bond donors (Lipinski definition) is 0. The molecule has 6 nitrogen and oxygen atoms in total. The summed E-state index contributed by atoms with van der Waals surface area (Å²) in [4.78, 5) is 7.72. The summed E-state index contributed by atoms with van der Waals surface area (Å²) in [6.45, 7) is 3.69. The van der Waals surface area contributed by atoms with Crippen molar-refractivity contribution in [1.82, 2.24) is 19.7 Å². The summed E-state index contributed by atoms with van der Waals surface area (Å²) in [6, 6.07) is 20.5. The number of pyridine rings is 2. The van der Waals surface area contributed by atoms with Crippen molar-refractivity contribution in [2.45, 2.75) is 19.3 Å². The van der Waals surface area contributed by atoms with E-state index in [1.165, 1.54) is 4.68 Å². The van der Waals surface area contributed by atoms with Crippen LogP contribution in [0, 0.1) is 46.7 Å². The Labute approximate surface area is 203 Å². The van der Waals surface area contributed by atoms with Crippen LogP contribution in [0.1, 0.15) is 36.4 Å². The largest absolute Gasteiger partial charge is 2.00 e. The maximum absolute atomic E-state index is 14.1. The standard InChI is InChI=1S/C24H14F2N6.Pt/c1-24(2,20-5-3-4-19(29-20)18-10-11-21(25)30-23(18)26)22-16(13-28)14-32(31-22)17-8-6-15(12-27)7-9-17;/h3-8,11,14H,1-2H3;/q-2;+2. The predicted molar refractivity (Wildman–Crippen MR) is 110 cm³/mol. The van der Waals surface area contributed by atoms with E-state index in [0.29, 0.717) is 28.2 Å². The van der Waals surface area contributed by atoms with Gasteiger partial charge in [0.15, 0.2) is 0 Å². The molecule has 0 unspecified atom stereocenters. The van der Waals surface area contributed by atoms with Gasteiger partial charge in [-0.25, -0.2) is 14.0 Å². The van der Waals surface area contributed by atoms with Gasteiger partial charge in [-0.05, 0) is 31.3 Å². The molecule has 0 atom stereocenters. The zero-order chi connectivity index (χ0) is 22.9. The Morgan fingerprint density at radius 2 is 1.79 bits per heavy atom. The molecular weight excluding hydrogens is 605 g/mol. The number of benzene rings is 1. The monoisotopic (exact) mass is 619 g/mol. The van der Waals surface area contributed by atoms with Gasteiger partial charge in [0.25, 0.3) is 0 Å². The summed E-state index contributed by atoms with van der Waals surface area (Å²) in [5.41, 5.74) is 1.70. The van der Waals surface area contributed by atoms with Crippen molar-refractivity contribution in [3.05, 3.63) is 95.2 Å². The van der Waals surface area contributed by atoms with E-state index in [0.717, 1.165) is 6.07 Å². The first-order chi connectivity index (χ1) is 15.3. The Morgan fingerprint density at radius 1 is 1.00 bits per heavy atom. The maximum Gasteiger partial charge on any atom is 2.00 e. The third kappa shape index (κ3) is 4.58. The van der Waals surface area contributed by atoms with E-state index in [-0.39, 0.29) is 32.3 Å². The molecule has 0 saturated heterocycles. The van der Waals surface area contributed by atoms with E-state index >= 15 is 0 Å². The molecule has 1 aromatic carbocycles. The average Bonchev–Trinajstić information content (AvgIpc) is 3.25. The van der Waals surface area contributed by atoms with Crippen LogP contribution < -0.4 is 0 Å². The Hall–Kier alpha value is -3.74. The van der Waals surface area contributed by atoms with Gasteiger partial charge >= 0.3 is 21.1 Å². The molecular formula is C24H14F2N6Pt. The van der Waals surface area contributed by atoms with E-state index in [1.807, 2.05) is 19.9 Å². The summed E-state index contributed by atoms with van der Waals surface area (Å²) in [7, 11) is 0. The SMILES string of the molecule is CC(C)(c1cccc(-c2[c-]cc(F)nc2F)n1)c1nn(-c2[c-]cc(C#N)cc2)cc1C#N.[Pt+2]. The second kappa shape index (κ2) is 9.40. The summed E-state index contributed by atoms with van der Waals surface area (Å²) in [6.07, 6.45) is 1.58. The molecule has 0 radical (unpaired) electrons. The van der Waals surface area contributed by atoms with Crippen LogP contribution in [0.5, 0.6) is 0 Å². The van der Waals surface area contributed by atoms with Gasteiger partial charge in [0.2, 0.25) is 0 Å². The molecule has 4 aromatic rings. The topological polar surface area (TPSA) is 91.2 Å². The van der Waals surface area contributed by atoms with Crippen molar-refractivity contribution in [1.29, 1.82) is 10.5 Å². The van der Waals surface area contributed by atoms with Crippen LogP contribution in [0.2, 0.25) is 0 Å². The second-order valence-corrected chi connectivity index (χ2v) is 7.44. The number of rotatable bonds is 4. The van der Waals surface area contributed by atoms with Crippen LogP contribution in [0.25, 0.3) is 16.9 Å². The fourth-order valence-electron chi connectivity index (χ4n) is 3.27. The van der Waals surface area contributed by atoms with Crippen molar-refractivity contribution >= 4 is 0 Å². The molecule has 0 spiro atoms. The van der Waals surface area contributed by atoms with Gasteiger partial charge < -0.3 is 4.98 Å². The minimum absolute atomic E-state index is 0. The smallest absolute Gasteiger partial charge is 0.300 e. The molecule has 0 fully saturated rings. The van der Waals surface area contributed by atoms with Gasteiger partial charge in [-0.2, -0.15) is 28.6 Å². The van der Waals surface area contributed by atoms with Crippen LogP contribution in [-0.2, 0) is 26.5 Å². The molecule has 9 heteroatoms. The fraction of sp³-hybridized carbons (Fsp3) is 0.125. The van der Waals surface area contributed by atoms with E-state index in [2.05, 4.69) is 33.3 Å². The quantitative estimate of drug-likeness (QED) is 0.252. The van der Waals surface area contributed by atoms with E-state index < -0.39 is 17.3 Å². The van der Waals surface area contributed by atoms with Crippen LogP contribution >= 0.6 is 0 Å². The van der Waals surface area contributed by atoms with Gasteiger partial charge in [0.1, 0.15) is 18.0 Å². The Kier molecular flexibility index (Phi) is 6.81. The van der Waals surface area contributed by atoms with Gasteiger partial charge in [-0.3, -0.25) is 9.67 Å². The van der Waals surface area contributed by atoms with Crippen LogP contribution in [0.3, 0.4) is 0 Å². The summed E-state index contributed by atoms with van der Waals surface area (Å²) in [5.74, 6) is -1.97. The number of halogens is 2. The Balaban J connectivity index is 0.00000306. The first-order valence-corrected chi connectivity index (χ1v) is 9.47. The number of nitrogens with zero attached hydrogens (tertiary/aromatic N) is 6. The third-order valence-corrected chi connectivity index (χ3v) is 4.99. The minimum Gasteiger partial charge on any atom is -0.300 e. The van der Waals surface area contributed by atoms with Crippen LogP contribution in [0.4, 0.5) is 8.78 Å². The van der Waals surface area contributed by atoms with Gasteiger partial charge in [0.05, 0.1) is 16.7 Å². The van der Waals surface area contributed by atoms with Crippen molar-refractivity contribution in [2.24, 2.45) is 0 Å². The normalized spacial score (nSPS) is 10.7. The molecule has 33 heavy (non-hydrogen) atoms. The van der Waals surface area contributed by atoms with Gasteiger partial charge in [-0.15, -0.1) is 12.1 Å². The van der Waals surface area contributed by atoms with Gasteiger partial charge in [-0.1, -0.05) is 29.3 Å². The molecule has 0 aliphatic heterocycles. The predicted octanol–water partition coefficient (Wildman–Crippen LogP) is 4.27. The number of nitriles is 2. The molecule has 3 aromatic heterocycles. The summed E-state index contributed by atoms with van der Waals surface area (Å²) < 4.78 is 28.8. The molecule has 0 aliphatic rings. The van der Waals surface area contributed by atoms with Crippen LogP contribution in [0.15, 0.2) is 48.7 Å². The first-order valence-electron chi connectivity index (χ1n) is 9.47. The zero-order valence-corrected chi connectivity index (χ0v) is 19.6. The third-order valence-electron chi connectivity index (χ3n) is 4.99. The van der Waals surface area contributed by atoms with E-state index in [1.54, 1.807) is 42.6 Å². The average molecular weight is 619 g/mol. The first kappa shape index (κ1) is 23.9. The summed E-state index contributed by atoms with van der Waals surface area (Å²) >= 11 is 0. The van der Waals surface area contributed by atoms with Crippen molar-refractivity contribution in [3.8, 4) is 29.1 Å². The van der Waals surface area contributed by atoms with E-state index in [9.17, 15) is 14.0 Å². The number of hydrogen-bond acceptors (Lipinski definition) is 5. The van der Waals surface area contributed by atoms with Crippen LogP contribution in [-0.4, -0.2) is 19.7 Å². The fourth-order valence-corrected chi connectivity index (χ4v) is 3.27. The molecule has 164 valence electrons. The molecule has 4 rings (SSSR count). The molecule has 0 amide bonds. The zero-order valence-electron chi connectivity index (χ0n) is 17.4. The van der Waals surface area contributed by atoms with Crippen molar-refractivity contribution in [3.63, 3.8) is 0 Å². The van der Waals surface area contributed by atoms with Gasteiger partial charge in [0, 0.05) is 18.0 Å².